The van der Waals surface area contributed by atoms with E-state index in [4.69, 9.17) is 18.9 Å². The van der Waals surface area contributed by atoms with Crippen molar-refractivity contribution < 1.29 is 18.9 Å². The third-order valence-corrected chi connectivity index (χ3v) is 3.92. The first-order valence-electron chi connectivity index (χ1n) is 8.90. The van der Waals surface area contributed by atoms with Crippen molar-refractivity contribution in [1.82, 2.24) is 20.4 Å². The maximum Gasteiger partial charge on any atom is 0.203 e. The van der Waals surface area contributed by atoms with Crippen LogP contribution in [0.3, 0.4) is 0 Å². The van der Waals surface area contributed by atoms with Gasteiger partial charge in [-0.2, -0.15) is 0 Å². The lowest BCUT2D eigenvalue weighted by atomic mass is 10.2. The van der Waals surface area contributed by atoms with Crippen LogP contribution in [-0.2, 0) is 0 Å². The fourth-order valence-corrected chi connectivity index (χ4v) is 2.62. The molecule has 0 bridgehead atoms. The van der Waals surface area contributed by atoms with Crippen LogP contribution in [0.25, 0.3) is 22.8 Å². The number of benzene rings is 2. The standard InChI is InChI=1S/C20H22N4O4/c1-5-27-15-9-7-13(11-17(15)25-3)19-21-23-20(24-22-19)14-8-10-16(28-6-2)18(12-14)26-4/h7-12H,5-6H2,1-4H3. The van der Waals surface area contributed by atoms with E-state index >= 15 is 0 Å². The van der Waals surface area contributed by atoms with Crippen molar-refractivity contribution in [2.24, 2.45) is 0 Å². The Balaban J connectivity index is 1.88. The lowest BCUT2D eigenvalue weighted by Crippen LogP contribution is -2.01. The van der Waals surface area contributed by atoms with E-state index in [1.54, 1.807) is 26.4 Å². The van der Waals surface area contributed by atoms with Crippen LogP contribution in [0.5, 0.6) is 23.0 Å². The van der Waals surface area contributed by atoms with Gasteiger partial charge in [-0.05, 0) is 50.2 Å². The van der Waals surface area contributed by atoms with Gasteiger partial charge in [0.15, 0.2) is 23.0 Å². The molecule has 0 aliphatic carbocycles. The van der Waals surface area contributed by atoms with Gasteiger partial charge in [0.25, 0.3) is 0 Å². The van der Waals surface area contributed by atoms with Crippen LogP contribution < -0.4 is 18.9 Å². The molecular weight excluding hydrogens is 360 g/mol. The van der Waals surface area contributed by atoms with E-state index in [1.165, 1.54) is 0 Å². The molecule has 1 heterocycles. The molecule has 0 saturated heterocycles. The van der Waals surface area contributed by atoms with Gasteiger partial charge in [-0.25, -0.2) is 0 Å². The predicted molar refractivity (Wildman–Crippen MR) is 104 cm³/mol. The zero-order chi connectivity index (χ0) is 19.9. The minimum absolute atomic E-state index is 0.392. The number of hydrogen-bond acceptors (Lipinski definition) is 8. The zero-order valence-electron chi connectivity index (χ0n) is 16.3. The van der Waals surface area contributed by atoms with Crippen molar-refractivity contribution in [3.63, 3.8) is 0 Å². The molecule has 0 amide bonds. The van der Waals surface area contributed by atoms with Crippen LogP contribution in [-0.4, -0.2) is 47.8 Å². The van der Waals surface area contributed by atoms with Crippen molar-refractivity contribution >= 4 is 0 Å². The third kappa shape index (κ3) is 4.11. The van der Waals surface area contributed by atoms with E-state index in [0.717, 1.165) is 11.1 Å². The van der Waals surface area contributed by atoms with Crippen LogP contribution in [0.15, 0.2) is 36.4 Å². The Kier molecular flexibility index (Phi) is 6.21. The zero-order valence-corrected chi connectivity index (χ0v) is 16.3. The monoisotopic (exact) mass is 382 g/mol. The van der Waals surface area contributed by atoms with Crippen LogP contribution in [0.1, 0.15) is 13.8 Å². The number of methoxy groups -OCH3 is 2. The van der Waals surface area contributed by atoms with Gasteiger partial charge in [-0.1, -0.05) is 0 Å². The Morgan fingerprint density at radius 2 is 1.00 bits per heavy atom. The molecule has 0 aliphatic heterocycles. The molecule has 3 aromatic rings. The van der Waals surface area contributed by atoms with Gasteiger partial charge in [0.1, 0.15) is 0 Å². The second kappa shape index (κ2) is 8.98. The molecule has 0 unspecified atom stereocenters. The van der Waals surface area contributed by atoms with E-state index in [1.807, 2.05) is 38.1 Å². The van der Waals surface area contributed by atoms with Crippen LogP contribution in [0.2, 0.25) is 0 Å². The molecule has 146 valence electrons. The number of hydrogen-bond donors (Lipinski definition) is 0. The van der Waals surface area contributed by atoms with E-state index in [2.05, 4.69) is 20.4 Å². The van der Waals surface area contributed by atoms with Gasteiger partial charge in [0, 0.05) is 11.1 Å². The molecule has 0 atom stereocenters. The van der Waals surface area contributed by atoms with Gasteiger partial charge in [-0.15, -0.1) is 20.4 Å². The minimum Gasteiger partial charge on any atom is -0.493 e. The molecule has 0 saturated carbocycles. The molecule has 0 spiro atoms. The molecule has 8 heteroatoms. The molecule has 1 aromatic heterocycles. The molecule has 0 N–H and O–H groups in total. The summed E-state index contributed by atoms with van der Waals surface area (Å²) in [5.41, 5.74) is 1.47. The van der Waals surface area contributed by atoms with Crippen molar-refractivity contribution in [1.29, 1.82) is 0 Å². The molecule has 0 fully saturated rings. The number of ether oxygens (including phenoxy) is 4. The number of nitrogens with zero attached hydrogens (tertiary/aromatic N) is 4. The highest BCUT2D eigenvalue weighted by molar-refractivity contribution is 5.63. The Bertz CT molecular complexity index is 855. The summed E-state index contributed by atoms with van der Waals surface area (Å²) in [6.07, 6.45) is 0. The Labute approximate surface area is 163 Å². The summed E-state index contributed by atoms with van der Waals surface area (Å²) in [6.45, 7) is 4.93. The highest BCUT2D eigenvalue weighted by Gasteiger charge is 2.12. The normalized spacial score (nSPS) is 10.4. The van der Waals surface area contributed by atoms with Crippen LogP contribution in [0, 0.1) is 0 Å². The summed E-state index contributed by atoms with van der Waals surface area (Å²) >= 11 is 0. The van der Waals surface area contributed by atoms with Gasteiger partial charge in [0.2, 0.25) is 11.6 Å². The van der Waals surface area contributed by atoms with E-state index in [9.17, 15) is 0 Å². The maximum atomic E-state index is 5.53. The summed E-state index contributed by atoms with van der Waals surface area (Å²) in [6, 6.07) is 10.9. The summed E-state index contributed by atoms with van der Waals surface area (Å²) in [7, 11) is 3.17. The van der Waals surface area contributed by atoms with Gasteiger partial charge >= 0.3 is 0 Å². The van der Waals surface area contributed by atoms with E-state index < -0.39 is 0 Å². The summed E-state index contributed by atoms with van der Waals surface area (Å²) in [5, 5.41) is 16.8. The molecular formula is C20H22N4O4. The van der Waals surface area contributed by atoms with E-state index in [0.29, 0.717) is 47.9 Å². The minimum atomic E-state index is 0.392. The second-order valence-corrected chi connectivity index (χ2v) is 5.64. The molecule has 8 nitrogen and oxygen atoms in total. The molecule has 3 rings (SSSR count). The average molecular weight is 382 g/mol. The smallest absolute Gasteiger partial charge is 0.203 e. The lowest BCUT2D eigenvalue weighted by molar-refractivity contribution is 0.311. The van der Waals surface area contributed by atoms with Crippen molar-refractivity contribution in [3.8, 4) is 45.8 Å². The third-order valence-electron chi connectivity index (χ3n) is 3.92. The molecule has 0 aliphatic rings. The Hall–Kier alpha value is -3.42. The molecule has 2 aromatic carbocycles. The quantitative estimate of drug-likeness (QED) is 0.586. The average Bonchev–Trinajstić information content (AvgIpc) is 2.75. The number of aromatic nitrogens is 4. The van der Waals surface area contributed by atoms with Crippen molar-refractivity contribution in [2.45, 2.75) is 13.8 Å². The van der Waals surface area contributed by atoms with Crippen molar-refractivity contribution in [3.05, 3.63) is 36.4 Å². The largest absolute Gasteiger partial charge is 0.493 e. The SMILES string of the molecule is CCOc1ccc(-c2nnc(-c3ccc(OCC)c(OC)c3)nn2)cc1OC. The second-order valence-electron chi connectivity index (χ2n) is 5.64. The van der Waals surface area contributed by atoms with Crippen LogP contribution in [0.4, 0.5) is 0 Å². The maximum absolute atomic E-state index is 5.53. The van der Waals surface area contributed by atoms with Crippen LogP contribution >= 0.6 is 0 Å². The summed E-state index contributed by atoms with van der Waals surface area (Å²) in [4.78, 5) is 0. The summed E-state index contributed by atoms with van der Waals surface area (Å²) < 4.78 is 21.8. The first kappa shape index (κ1) is 19.3. The van der Waals surface area contributed by atoms with Gasteiger partial charge in [0.05, 0.1) is 27.4 Å². The predicted octanol–water partition coefficient (Wildman–Crippen LogP) is 3.42. The Morgan fingerprint density at radius 1 is 0.607 bits per heavy atom. The molecule has 0 radical (unpaired) electrons. The highest BCUT2D eigenvalue weighted by atomic mass is 16.5. The number of rotatable bonds is 8. The van der Waals surface area contributed by atoms with Gasteiger partial charge < -0.3 is 18.9 Å². The van der Waals surface area contributed by atoms with E-state index in [-0.39, 0.29) is 0 Å². The molecule has 28 heavy (non-hydrogen) atoms. The van der Waals surface area contributed by atoms with Crippen molar-refractivity contribution in [2.75, 3.05) is 27.4 Å². The first-order valence-corrected chi connectivity index (χ1v) is 8.90. The first-order chi connectivity index (χ1) is 13.7. The lowest BCUT2D eigenvalue weighted by Gasteiger charge is -2.11. The summed E-state index contributed by atoms with van der Waals surface area (Å²) in [5.74, 6) is 3.30. The fraction of sp³-hybridized carbons (Fsp3) is 0.300. The van der Waals surface area contributed by atoms with Gasteiger partial charge in [-0.3, -0.25) is 0 Å². The fourth-order valence-electron chi connectivity index (χ4n) is 2.62. The highest BCUT2D eigenvalue weighted by Crippen LogP contribution is 2.32. The topological polar surface area (TPSA) is 88.5 Å². The Morgan fingerprint density at radius 3 is 1.32 bits per heavy atom.